The number of aryl methyl sites for hydroxylation is 1. The van der Waals surface area contributed by atoms with Crippen molar-refractivity contribution in [1.29, 1.82) is 0 Å². The molecule has 3 heteroatoms. The number of aromatic amines is 1. The average Bonchev–Trinajstić information content (AvgIpc) is 2.75. The minimum absolute atomic E-state index is 0.00472. The molecule has 0 aliphatic heterocycles. The molecule has 96 valence electrons. The van der Waals surface area contributed by atoms with Gasteiger partial charge in [0.25, 0.3) is 0 Å². The highest BCUT2D eigenvalue weighted by molar-refractivity contribution is 5.47. The van der Waals surface area contributed by atoms with Crippen LogP contribution in [-0.4, -0.2) is 11.6 Å². The summed E-state index contributed by atoms with van der Waals surface area (Å²) in [5.41, 5.74) is 2.63. The summed E-state index contributed by atoms with van der Waals surface area (Å²) < 4.78 is 5.59. The van der Waals surface area contributed by atoms with Crippen molar-refractivity contribution in [3.63, 3.8) is 0 Å². The lowest BCUT2D eigenvalue weighted by Crippen LogP contribution is -2.13. The van der Waals surface area contributed by atoms with E-state index in [0.29, 0.717) is 18.4 Å². The maximum atomic E-state index is 11.5. The molecule has 0 radical (unpaired) electrons. The van der Waals surface area contributed by atoms with Gasteiger partial charge in [-0.1, -0.05) is 13.5 Å². The van der Waals surface area contributed by atoms with E-state index in [9.17, 15) is 4.79 Å². The van der Waals surface area contributed by atoms with Gasteiger partial charge >= 0.3 is 0 Å². The Balaban J connectivity index is 1.99. The number of fused-ring (bicyclic) bond motifs is 2. The second-order valence-electron chi connectivity index (χ2n) is 5.44. The molecule has 1 saturated carbocycles. The van der Waals surface area contributed by atoms with Crippen LogP contribution in [-0.2, 0) is 16.6 Å². The predicted molar refractivity (Wildman–Crippen MR) is 70.5 cm³/mol. The fourth-order valence-corrected chi connectivity index (χ4v) is 3.89. The van der Waals surface area contributed by atoms with Crippen molar-refractivity contribution in [3.8, 4) is 0 Å². The van der Waals surface area contributed by atoms with Gasteiger partial charge in [-0.25, -0.2) is 0 Å². The van der Waals surface area contributed by atoms with E-state index in [4.69, 9.17) is 4.74 Å². The summed E-state index contributed by atoms with van der Waals surface area (Å²) in [5, 5.41) is 0. The first kappa shape index (κ1) is 11.6. The van der Waals surface area contributed by atoms with E-state index in [1.165, 1.54) is 11.1 Å². The van der Waals surface area contributed by atoms with E-state index in [1.807, 2.05) is 13.1 Å². The molecule has 2 aliphatic carbocycles. The summed E-state index contributed by atoms with van der Waals surface area (Å²) in [7, 11) is 0. The molecule has 3 nitrogen and oxygen atoms in total. The summed E-state index contributed by atoms with van der Waals surface area (Å²) in [6.07, 6.45) is 4.03. The van der Waals surface area contributed by atoms with Crippen LogP contribution in [0.2, 0.25) is 0 Å². The number of H-pyrrole nitrogens is 1. The average molecular weight is 245 g/mol. The van der Waals surface area contributed by atoms with Crippen LogP contribution in [0.25, 0.3) is 0 Å². The van der Waals surface area contributed by atoms with Crippen LogP contribution >= 0.6 is 0 Å². The number of aromatic nitrogens is 1. The quantitative estimate of drug-likeness (QED) is 0.831. The van der Waals surface area contributed by atoms with E-state index in [2.05, 4.69) is 18.5 Å². The number of rotatable bonds is 3. The lowest BCUT2D eigenvalue weighted by Gasteiger charge is -2.13. The molecule has 1 fully saturated rings. The summed E-state index contributed by atoms with van der Waals surface area (Å²) in [4.78, 5) is 14.3. The standard InChI is InChI=1S/C15H19NO2/c1-4-18-10(3)14-9(2)15(14)6-5-11-8-16-13(17)7-12(11)15/h7-9,14H,3-6H2,1-2H3,(H,16,17). The highest BCUT2D eigenvalue weighted by Crippen LogP contribution is 2.67. The normalized spacial score (nSPS) is 32.3. The van der Waals surface area contributed by atoms with Gasteiger partial charge in [0.1, 0.15) is 0 Å². The number of hydrogen-bond acceptors (Lipinski definition) is 2. The molecule has 2 aliphatic rings. The lowest BCUT2D eigenvalue weighted by molar-refractivity contribution is 0.207. The molecule has 0 saturated heterocycles. The largest absolute Gasteiger partial charge is 0.499 e. The molecule has 1 spiro atoms. The van der Waals surface area contributed by atoms with Gasteiger partial charge in [0.2, 0.25) is 5.56 Å². The Morgan fingerprint density at radius 2 is 2.44 bits per heavy atom. The Kier molecular flexibility index (Phi) is 2.40. The highest BCUT2D eigenvalue weighted by Gasteiger charge is 2.66. The minimum Gasteiger partial charge on any atom is -0.499 e. The molecule has 1 aromatic rings. The van der Waals surface area contributed by atoms with Crippen molar-refractivity contribution in [2.24, 2.45) is 11.8 Å². The summed E-state index contributed by atoms with van der Waals surface area (Å²) in [6.45, 7) is 8.96. The van der Waals surface area contributed by atoms with E-state index in [-0.39, 0.29) is 11.0 Å². The van der Waals surface area contributed by atoms with Gasteiger partial charge < -0.3 is 9.72 Å². The van der Waals surface area contributed by atoms with Crippen LogP contribution < -0.4 is 5.56 Å². The van der Waals surface area contributed by atoms with Crippen LogP contribution in [0.4, 0.5) is 0 Å². The topological polar surface area (TPSA) is 42.1 Å². The number of allylic oxidation sites excluding steroid dienone is 1. The summed E-state index contributed by atoms with van der Waals surface area (Å²) in [6, 6.07) is 1.78. The molecule has 3 rings (SSSR count). The zero-order chi connectivity index (χ0) is 12.9. The van der Waals surface area contributed by atoms with E-state index < -0.39 is 0 Å². The van der Waals surface area contributed by atoms with Crippen molar-refractivity contribution in [3.05, 3.63) is 46.1 Å². The van der Waals surface area contributed by atoms with Gasteiger partial charge in [0, 0.05) is 23.6 Å². The van der Waals surface area contributed by atoms with Crippen LogP contribution in [0, 0.1) is 11.8 Å². The zero-order valence-corrected chi connectivity index (χ0v) is 11.0. The second-order valence-corrected chi connectivity index (χ2v) is 5.44. The first-order chi connectivity index (χ1) is 8.61. The van der Waals surface area contributed by atoms with Crippen LogP contribution in [0.5, 0.6) is 0 Å². The highest BCUT2D eigenvalue weighted by atomic mass is 16.5. The van der Waals surface area contributed by atoms with Crippen molar-refractivity contribution < 1.29 is 4.74 Å². The van der Waals surface area contributed by atoms with Crippen LogP contribution in [0.1, 0.15) is 31.4 Å². The van der Waals surface area contributed by atoms with Gasteiger partial charge in [-0.05, 0) is 36.8 Å². The summed E-state index contributed by atoms with van der Waals surface area (Å²) >= 11 is 0. The number of ether oxygens (including phenoxy) is 1. The Hall–Kier alpha value is -1.51. The molecular formula is C15H19NO2. The Morgan fingerprint density at radius 3 is 3.17 bits per heavy atom. The van der Waals surface area contributed by atoms with Crippen molar-refractivity contribution in [2.45, 2.75) is 32.1 Å². The third-order valence-corrected chi connectivity index (χ3v) is 4.75. The SMILES string of the molecule is C=C(OCC)C1C(C)C12CCc1c[nH]c(=O)cc12. The number of nitrogens with one attached hydrogen (secondary N) is 1. The van der Waals surface area contributed by atoms with Crippen LogP contribution in [0.3, 0.4) is 0 Å². The molecule has 1 heterocycles. The first-order valence-corrected chi connectivity index (χ1v) is 6.65. The fraction of sp³-hybridized carbons (Fsp3) is 0.533. The monoisotopic (exact) mass is 245 g/mol. The molecule has 1 aromatic heterocycles. The van der Waals surface area contributed by atoms with E-state index >= 15 is 0 Å². The minimum atomic E-state index is -0.00472. The van der Waals surface area contributed by atoms with Crippen molar-refractivity contribution in [2.75, 3.05) is 6.61 Å². The van der Waals surface area contributed by atoms with Gasteiger partial charge in [0.05, 0.1) is 12.4 Å². The molecule has 0 bridgehead atoms. The van der Waals surface area contributed by atoms with E-state index in [1.54, 1.807) is 6.07 Å². The molecule has 1 N–H and O–H groups in total. The Labute approximate surface area is 107 Å². The maximum Gasteiger partial charge on any atom is 0.248 e. The molecule has 0 amide bonds. The van der Waals surface area contributed by atoms with Gasteiger partial charge in [-0.3, -0.25) is 4.79 Å². The Morgan fingerprint density at radius 1 is 1.67 bits per heavy atom. The molecule has 3 unspecified atom stereocenters. The Bertz CT molecular complexity index is 560. The maximum absolute atomic E-state index is 11.5. The molecule has 18 heavy (non-hydrogen) atoms. The van der Waals surface area contributed by atoms with Gasteiger partial charge in [-0.2, -0.15) is 0 Å². The van der Waals surface area contributed by atoms with Crippen LogP contribution in [0.15, 0.2) is 29.4 Å². The molecular weight excluding hydrogens is 226 g/mol. The zero-order valence-electron chi connectivity index (χ0n) is 11.0. The summed E-state index contributed by atoms with van der Waals surface area (Å²) in [5.74, 6) is 1.79. The lowest BCUT2D eigenvalue weighted by atomic mass is 9.94. The van der Waals surface area contributed by atoms with Gasteiger partial charge in [0.15, 0.2) is 0 Å². The van der Waals surface area contributed by atoms with Crippen molar-refractivity contribution >= 4 is 0 Å². The number of pyridine rings is 1. The van der Waals surface area contributed by atoms with Gasteiger partial charge in [-0.15, -0.1) is 0 Å². The molecule has 0 aromatic carbocycles. The number of hydrogen-bond donors (Lipinski definition) is 1. The molecule has 3 atom stereocenters. The fourth-order valence-electron chi connectivity index (χ4n) is 3.89. The second kappa shape index (κ2) is 3.74. The van der Waals surface area contributed by atoms with Crippen molar-refractivity contribution in [1.82, 2.24) is 4.98 Å². The third kappa shape index (κ3) is 1.33. The van der Waals surface area contributed by atoms with E-state index in [0.717, 1.165) is 18.6 Å². The first-order valence-electron chi connectivity index (χ1n) is 6.65. The predicted octanol–water partition coefficient (Wildman–Crippen LogP) is 2.38. The smallest absolute Gasteiger partial charge is 0.248 e. The third-order valence-electron chi connectivity index (χ3n) is 4.75.